The molecule has 0 aliphatic carbocycles. The summed E-state index contributed by atoms with van der Waals surface area (Å²) in [6, 6.07) is 11.0. The minimum absolute atomic E-state index is 0.102. The van der Waals surface area contributed by atoms with E-state index in [9.17, 15) is 4.79 Å². The summed E-state index contributed by atoms with van der Waals surface area (Å²) in [4.78, 5) is 11.0. The van der Waals surface area contributed by atoms with E-state index in [0.29, 0.717) is 0 Å². The molecule has 1 N–H and O–H groups in total. The summed E-state index contributed by atoms with van der Waals surface area (Å²) in [7, 11) is 0. The first kappa shape index (κ1) is 11.5. The van der Waals surface area contributed by atoms with Crippen LogP contribution in [0.25, 0.3) is 5.69 Å². The minimum atomic E-state index is -1.11. The van der Waals surface area contributed by atoms with Crippen LogP contribution >= 0.6 is 12.2 Å². The molecule has 17 heavy (non-hydrogen) atoms. The van der Waals surface area contributed by atoms with Crippen LogP contribution in [0.4, 0.5) is 0 Å². The zero-order valence-corrected chi connectivity index (χ0v) is 9.94. The van der Waals surface area contributed by atoms with E-state index >= 15 is 0 Å². The van der Waals surface area contributed by atoms with Crippen molar-refractivity contribution in [1.82, 2.24) is 9.78 Å². The highest BCUT2D eigenvalue weighted by Crippen LogP contribution is 2.11. The van der Waals surface area contributed by atoms with Crippen LogP contribution in [0.5, 0.6) is 0 Å². The van der Waals surface area contributed by atoms with Gasteiger partial charge < -0.3 is 5.11 Å². The third kappa shape index (κ3) is 2.24. The van der Waals surface area contributed by atoms with Crippen LogP contribution in [0.15, 0.2) is 36.4 Å². The number of aryl methyl sites for hydroxylation is 1. The van der Waals surface area contributed by atoms with E-state index in [1.54, 1.807) is 10.7 Å². The van der Waals surface area contributed by atoms with Crippen molar-refractivity contribution in [2.75, 3.05) is 0 Å². The van der Waals surface area contributed by atoms with Gasteiger partial charge in [0.2, 0.25) is 0 Å². The predicted molar refractivity (Wildman–Crippen MR) is 66.1 cm³/mol. The highest BCUT2D eigenvalue weighted by atomic mass is 32.1. The Labute approximate surface area is 103 Å². The normalized spacial score (nSPS) is 10.2. The van der Waals surface area contributed by atoms with Crippen molar-refractivity contribution in [2.24, 2.45) is 0 Å². The fourth-order valence-corrected chi connectivity index (χ4v) is 1.82. The monoisotopic (exact) mass is 246 g/mol. The van der Waals surface area contributed by atoms with E-state index in [4.69, 9.17) is 17.3 Å². The number of para-hydroxylation sites is 1. The summed E-state index contributed by atoms with van der Waals surface area (Å²) in [6.45, 7) is 1.83. The van der Waals surface area contributed by atoms with E-state index in [1.807, 2.05) is 37.3 Å². The molecular weight excluding hydrogens is 236 g/mol. The van der Waals surface area contributed by atoms with Crippen LogP contribution in [0.2, 0.25) is 0 Å². The molecule has 0 atom stereocenters. The molecule has 2 aromatic rings. The Morgan fingerprint density at radius 1 is 1.35 bits per heavy atom. The van der Waals surface area contributed by atoms with Gasteiger partial charge in [0.1, 0.15) is 0 Å². The molecule has 5 heteroatoms. The number of carboxylic acids is 1. The number of carbonyl (C=O) groups is 1. The lowest BCUT2D eigenvalue weighted by Gasteiger charge is -2.10. The molecule has 1 heterocycles. The maximum atomic E-state index is 11.0. The average molecular weight is 246 g/mol. The number of aromatic carboxylic acids is 1. The molecule has 0 fully saturated rings. The van der Waals surface area contributed by atoms with E-state index in [0.717, 1.165) is 11.4 Å². The van der Waals surface area contributed by atoms with Crippen LogP contribution in [0.1, 0.15) is 16.2 Å². The molecule has 0 amide bonds. The molecule has 0 radical (unpaired) electrons. The second kappa shape index (κ2) is 4.47. The maximum Gasteiger partial charge on any atom is 0.357 e. The number of hydrogen-bond donors (Lipinski definition) is 1. The molecule has 0 saturated heterocycles. The van der Waals surface area contributed by atoms with Gasteiger partial charge >= 0.3 is 5.97 Å². The van der Waals surface area contributed by atoms with Crippen LogP contribution in [-0.4, -0.2) is 20.9 Å². The fourth-order valence-electron chi connectivity index (χ4n) is 1.53. The van der Waals surface area contributed by atoms with Gasteiger partial charge in [-0.15, -0.1) is 0 Å². The number of nitrogens with zero attached hydrogens (tertiary/aromatic N) is 2. The summed E-state index contributed by atoms with van der Waals surface area (Å²) in [6.07, 6.45) is 0. The zero-order chi connectivity index (χ0) is 12.4. The smallest absolute Gasteiger partial charge is 0.357 e. The molecule has 0 bridgehead atoms. The van der Waals surface area contributed by atoms with Gasteiger partial charge in [0, 0.05) is 5.69 Å². The zero-order valence-electron chi connectivity index (χ0n) is 9.12. The molecule has 1 aromatic carbocycles. The molecule has 2 rings (SSSR count). The second-order valence-electron chi connectivity index (χ2n) is 3.55. The summed E-state index contributed by atoms with van der Waals surface area (Å²) in [5, 5.41) is 13.0. The minimum Gasteiger partial charge on any atom is -0.476 e. The van der Waals surface area contributed by atoms with Crippen molar-refractivity contribution < 1.29 is 9.90 Å². The summed E-state index contributed by atoms with van der Waals surface area (Å²) < 4.78 is 1.82. The van der Waals surface area contributed by atoms with E-state index in [1.165, 1.54) is 0 Å². The second-order valence-corrected chi connectivity index (χ2v) is 3.99. The predicted octanol–water partition coefficient (Wildman–Crippen LogP) is 2.61. The van der Waals surface area contributed by atoms with Gasteiger partial charge in [0.15, 0.2) is 5.69 Å². The van der Waals surface area contributed by atoms with Gasteiger partial charge in [-0.05, 0) is 25.1 Å². The molecule has 4 nitrogen and oxygen atoms in total. The highest BCUT2D eigenvalue weighted by molar-refractivity contribution is 7.71. The Hall–Kier alpha value is -2.01. The molecule has 0 aliphatic rings. The lowest BCUT2D eigenvalue weighted by molar-refractivity contribution is 0.0687. The Balaban J connectivity index is 2.67. The number of carboxylic acid groups (broad SMARTS) is 1. The Kier molecular flexibility index (Phi) is 3.01. The van der Waals surface area contributed by atoms with Crippen molar-refractivity contribution in [3.8, 4) is 5.69 Å². The standard InChI is InChI=1S/C12H10N2O2S/c1-8-7-10(17)11(12(15)16)13-14(8)9-5-3-2-4-6-9/h2-7H,1H3,(H,15,16). The Bertz CT molecular complexity index is 620. The van der Waals surface area contributed by atoms with Crippen molar-refractivity contribution in [3.63, 3.8) is 0 Å². The number of aromatic nitrogens is 2. The third-order valence-corrected chi connectivity index (χ3v) is 2.62. The molecule has 0 saturated carbocycles. The van der Waals surface area contributed by atoms with Gasteiger partial charge in [0.05, 0.1) is 10.2 Å². The fraction of sp³-hybridized carbons (Fsp3) is 0.0833. The lowest BCUT2D eigenvalue weighted by Crippen LogP contribution is -2.12. The topological polar surface area (TPSA) is 55.1 Å². The SMILES string of the molecule is Cc1cc(=S)c(C(=O)O)nn1-c1ccccc1. The summed E-state index contributed by atoms with van der Waals surface area (Å²) in [5.41, 5.74) is 1.50. The van der Waals surface area contributed by atoms with Crippen molar-refractivity contribution in [2.45, 2.75) is 6.92 Å². The van der Waals surface area contributed by atoms with E-state index in [2.05, 4.69) is 5.10 Å². The summed E-state index contributed by atoms with van der Waals surface area (Å²) in [5.74, 6) is -1.11. The number of rotatable bonds is 2. The number of benzene rings is 1. The van der Waals surface area contributed by atoms with Crippen LogP contribution in [-0.2, 0) is 0 Å². The maximum absolute atomic E-state index is 11.0. The van der Waals surface area contributed by atoms with Crippen molar-refractivity contribution in [3.05, 3.63) is 52.3 Å². The van der Waals surface area contributed by atoms with E-state index in [-0.39, 0.29) is 10.2 Å². The van der Waals surface area contributed by atoms with Crippen molar-refractivity contribution in [1.29, 1.82) is 0 Å². The quantitative estimate of drug-likeness (QED) is 0.827. The third-order valence-electron chi connectivity index (χ3n) is 2.31. The van der Waals surface area contributed by atoms with Gasteiger partial charge in [-0.1, -0.05) is 30.4 Å². The molecular formula is C12H10N2O2S. The Morgan fingerprint density at radius 3 is 2.59 bits per heavy atom. The lowest BCUT2D eigenvalue weighted by atomic mass is 10.3. The van der Waals surface area contributed by atoms with Gasteiger partial charge in [-0.2, -0.15) is 5.10 Å². The molecule has 0 unspecified atom stereocenters. The molecule has 86 valence electrons. The molecule has 0 spiro atoms. The van der Waals surface area contributed by atoms with Gasteiger partial charge in [-0.3, -0.25) is 0 Å². The Morgan fingerprint density at radius 2 is 2.00 bits per heavy atom. The molecule has 0 aliphatic heterocycles. The van der Waals surface area contributed by atoms with Gasteiger partial charge in [0.25, 0.3) is 0 Å². The van der Waals surface area contributed by atoms with Crippen LogP contribution in [0, 0.1) is 11.4 Å². The largest absolute Gasteiger partial charge is 0.476 e. The first-order chi connectivity index (χ1) is 8.09. The summed E-state index contributed by atoms with van der Waals surface area (Å²) >= 11 is 4.97. The highest BCUT2D eigenvalue weighted by Gasteiger charge is 2.10. The first-order valence-electron chi connectivity index (χ1n) is 4.99. The van der Waals surface area contributed by atoms with Crippen LogP contribution in [0.3, 0.4) is 0 Å². The van der Waals surface area contributed by atoms with Crippen LogP contribution < -0.4 is 0 Å². The number of hydrogen-bond acceptors (Lipinski definition) is 3. The van der Waals surface area contributed by atoms with E-state index < -0.39 is 5.97 Å². The van der Waals surface area contributed by atoms with Gasteiger partial charge in [-0.25, -0.2) is 9.48 Å². The van der Waals surface area contributed by atoms with Crippen molar-refractivity contribution >= 4 is 18.2 Å². The average Bonchev–Trinajstić information content (AvgIpc) is 2.29. The molecule has 1 aromatic heterocycles. The first-order valence-corrected chi connectivity index (χ1v) is 5.40.